The molecule has 0 bridgehead atoms. The van der Waals surface area contributed by atoms with Gasteiger partial charge in [-0.1, -0.05) is 38.1 Å². The fourth-order valence-electron chi connectivity index (χ4n) is 4.52. The van der Waals surface area contributed by atoms with Gasteiger partial charge in [-0.2, -0.15) is 5.26 Å². The van der Waals surface area contributed by atoms with Crippen molar-refractivity contribution in [1.29, 1.82) is 5.26 Å². The summed E-state index contributed by atoms with van der Waals surface area (Å²) in [4.78, 5) is 12.6. The summed E-state index contributed by atoms with van der Waals surface area (Å²) < 4.78 is 28.9. The molecule has 3 aromatic carbocycles. The summed E-state index contributed by atoms with van der Waals surface area (Å²) in [5.74, 6) is 1.96. The first-order valence-electron chi connectivity index (χ1n) is 13.7. The highest BCUT2D eigenvalue weighted by atomic mass is 16.6. The van der Waals surface area contributed by atoms with Gasteiger partial charge in [-0.3, -0.25) is 0 Å². The number of hydrogen-bond acceptors (Lipinski definition) is 8. The molecule has 8 heteroatoms. The third kappa shape index (κ3) is 6.93. The molecule has 1 unspecified atom stereocenters. The van der Waals surface area contributed by atoms with Crippen LogP contribution in [0.15, 0.2) is 66.1 Å². The minimum absolute atomic E-state index is 0.0121. The van der Waals surface area contributed by atoms with Gasteiger partial charge in [0, 0.05) is 11.6 Å². The summed E-state index contributed by atoms with van der Waals surface area (Å²) in [5.41, 5.74) is 10.0. The Bertz CT molecular complexity index is 1490. The van der Waals surface area contributed by atoms with E-state index in [1.165, 1.54) is 0 Å². The molecule has 8 nitrogen and oxygen atoms in total. The van der Waals surface area contributed by atoms with E-state index >= 15 is 0 Å². The van der Waals surface area contributed by atoms with E-state index in [0.717, 1.165) is 23.1 Å². The van der Waals surface area contributed by atoms with E-state index in [-0.39, 0.29) is 23.8 Å². The molecule has 2 N–H and O–H groups in total. The van der Waals surface area contributed by atoms with Crippen LogP contribution in [-0.2, 0) is 4.79 Å². The lowest BCUT2D eigenvalue weighted by atomic mass is 9.83. The van der Waals surface area contributed by atoms with Crippen molar-refractivity contribution in [3.8, 4) is 34.8 Å². The van der Waals surface area contributed by atoms with Crippen LogP contribution in [-0.4, -0.2) is 25.8 Å². The van der Waals surface area contributed by atoms with Crippen LogP contribution < -0.4 is 29.4 Å². The molecule has 0 spiro atoms. The zero-order chi connectivity index (χ0) is 29.5. The molecular formula is C33H36N2O6. The monoisotopic (exact) mass is 556 g/mol. The molecule has 0 radical (unpaired) electrons. The highest BCUT2D eigenvalue weighted by Crippen LogP contribution is 2.45. The topological polar surface area (TPSA) is 113 Å². The largest absolute Gasteiger partial charge is 0.490 e. The van der Waals surface area contributed by atoms with E-state index < -0.39 is 11.9 Å². The number of fused-ring (bicyclic) bond motifs is 1. The zero-order valence-electron chi connectivity index (χ0n) is 24.2. The average Bonchev–Trinajstić information content (AvgIpc) is 2.93. The third-order valence-corrected chi connectivity index (χ3v) is 6.88. The second-order valence-corrected chi connectivity index (χ2v) is 10.3. The molecule has 41 heavy (non-hydrogen) atoms. The lowest BCUT2D eigenvalue weighted by Gasteiger charge is -2.27. The van der Waals surface area contributed by atoms with Crippen LogP contribution in [0.2, 0.25) is 0 Å². The van der Waals surface area contributed by atoms with Gasteiger partial charge in [0.2, 0.25) is 5.88 Å². The molecule has 4 rings (SSSR count). The van der Waals surface area contributed by atoms with Crippen LogP contribution in [0.4, 0.5) is 0 Å². The van der Waals surface area contributed by atoms with Crippen molar-refractivity contribution in [2.75, 3.05) is 19.8 Å². The number of nitriles is 1. The Hall–Kier alpha value is -4.64. The van der Waals surface area contributed by atoms with Crippen LogP contribution in [0.5, 0.6) is 28.7 Å². The van der Waals surface area contributed by atoms with E-state index in [4.69, 9.17) is 29.4 Å². The lowest BCUT2D eigenvalue weighted by molar-refractivity contribution is -0.136. The Morgan fingerprint density at radius 3 is 2.56 bits per heavy atom. The number of esters is 1. The maximum absolute atomic E-state index is 12.6. The molecule has 1 aliphatic rings. The number of allylic oxidation sites excluding steroid dienone is 1. The van der Waals surface area contributed by atoms with Gasteiger partial charge < -0.3 is 29.4 Å². The molecule has 1 aliphatic heterocycles. The first-order chi connectivity index (χ1) is 19.7. The summed E-state index contributed by atoms with van der Waals surface area (Å²) in [7, 11) is 0. The molecule has 1 atom stereocenters. The number of hydrogen-bond donors (Lipinski definition) is 1. The highest BCUT2D eigenvalue weighted by molar-refractivity contribution is 5.74. The maximum atomic E-state index is 12.6. The van der Waals surface area contributed by atoms with Gasteiger partial charge in [-0.05, 0) is 74.1 Å². The Labute approximate surface area is 241 Å². The van der Waals surface area contributed by atoms with E-state index in [1.807, 2.05) is 57.2 Å². The van der Waals surface area contributed by atoms with Crippen LogP contribution in [0, 0.1) is 31.1 Å². The molecular weight excluding hydrogens is 520 g/mol. The van der Waals surface area contributed by atoms with E-state index in [9.17, 15) is 10.1 Å². The van der Waals surface area contributed by atoms with Gasteiger partial charge in [-0.25, -0.2) is 4.79 Å². The quantitative estimate of drug-likeness (QED) is 0.215. The number of rotatable bonds is 11. The number of benzene rings is 3. The lowest BCUT2D eigenvalue weighted by Crippen LogP contribution is -2.22. The molecule has 0 saturated carbocycles. The molecule has 0 aromatic heterocycles. The first-order valence-corrected chi connectivity index (χ1v) is 13.7. The predicted octanol–water partition coefficient (Wildman–Crippen LogP) is 6.33. The van der Waals surface area contributed by atoms with Crippen LogP contribution in [0.25, 0.3) is 0 Å². The summed E-state index contributed by atoms with van der Waals surface area (Å²) in [6.45, 7) is 10.9. The van der Waals surface area contributed by atoms with E-state index in [2.05, 4.69) is 19.9 Å². The molecule has 0 amide bonds. The fourth-order valence-corrected chi connectivity index (χ4v) is 4.52. The molecule has 214 valence electrons. The average molecular weight is 557 g/mol. The number of nitrogens with two attached hydrogens (primary N) is 1. The van der Waals surface area contributed by atoms with Gasteiger partial charge in [0.05, 0.1) is 19.1 Å². The second kappa shape index (κ2) is 13.1. The SMILES string of the molecule is CCOc1cc(C2C(C#N)=C(N)Oc3cc(OC(=O)COc4cccc(C)c4C)ccc32)ccc1OCCC(C)C. The van der Waals surface area contributed by atoms with Crippen molar-refractivity contribution >= 4 is 5.97 Å². The Kier molecular flexibility index (Phi) is 9.41. The molecule has 3 aromatic rings. The van der Waals surface area contributed by atoms with Gasteiger partial charge in [0.25, 0.3) is 0 Å². The number of ether oxygens (including phenoxy) is 5. The maximum Gasteiger partial charge on any atom is 0.349 e. The van der Waals surface area contributed by atoms with Crippen LogP contribution in [0.1, 0.15) is 55.4 Å². The van der Waals surface area contributed by atoms with E-state index in [1.54, 1.807) is 18.2 Å². The summed E-state index contributed by atoms with van der Waals surface area (Å²) in [6.07, 6.45) is 0.920. The van der Waals surface area contributed by atoms with Crippen LogP contribution in [0.3, 0.4) is 0 Å². The number of aryl methyl sites for hydroxylation is 1. The molecule has 0 fully saturated rings. The molecule has 0 aliphatic carbocycles. The smallest absolute Gasteiger partial charge is 0.349 e. The van der Waals surface area contributed by atoms with Gasteiger partial charge >= 0.3 is 5.97 Å². The van der Waals surface area contributed by atoms with Crippen molar-refractivity contribution in [3.05, 3.63) is 88.3 Å². The van der Waals surface area contributed by atoms with Crippen molar-refractivity contribution in [3.63, 3.8) is 0 Å². The summed E-state index contributed by atoms with van der Waals surface area (Å²) in [6, 6.07) is 18.5. The van der Waals surface area contributed by atoms with E-state index in [0.29, 0.717) is 47.7 Å². The minimum atomic E-state index is -0.561. The minimum Gasteiger partial charge on any atom is -0.490 e. The fraction of sp³-hybridized carbons (Fsp3) is 0.333. The summed E-state index contributed by atoms with van der Waals surface area (Å²) >= 11 is 0. The standard InChI is InChI=1S/C33H36N2O6/c1-6-37-30-16-23(10-13-28(30)38-15-14-20(2)3)32-25-12-11-24(17-29(25)41-33(35)26(32)18-34)40-31(36)19-39-27-9-7-8-21(4)22(27)5/h7-13,16-17,20,32H,6,14-15,19,35H2,1-5H3. The number of carbonyl (C=O) groups excluding carboxylic acids is 1. The normalized spacial score (nSPS) is 14.1. The van der Waals surface area contributed by atoms with Gasteiger partial charge in [0.1, 0.15) is 28.9 Å². The molecule has 1 heterocycles. The molecule has 0 saturated heterocycles. The zero-order valence-corrected chi connectivity index (χ0v) is 24.2. The number of nitrogens with zero attached hydrogens (tertiary/aromatic N) is 1. The van der Waals surface area contributed by atoms with Crippen LogP contribution >= 0.6 is 0 Å². The van der Waals surface area contributed by atoms with Gasteiger partial charge in [0.15, 0.2) is 18.1 Å². The van der Waals surface area contributed by atoms with Gasteiger partial charge in [-0.15, -0.1) is 0 Å². The van der Waals surface area contributed by atoms with Crippen molar-refractivity contribution < 1.29 is 28.5 Å². The van der Waals surface area contributed by atoms with Crippen molar-refractivity contribution in [2.45, 2.75) is 47.0 Å². The predicted molar refractivity (Wildman–Crippen MR) is 155 cm³/mol. The highest BCUT2D eigenvalue weighted by Gasteiger charge is 2.32. The number of carbonyl (C=O) groups is 1. The summed E-state index contributed by atoms with van der Waals surface area (Å²) in [5, 5.41) is 9.97. The Balaban J connectivity index is 1.57. The third-order valence-electron chi connectivity index (χ3n) is 6.88. The Morgan fingerprint density at radius 1 is 1.02 bits per heavy atom. The first kappa shape index (κ1) is 29.3. The second-order valence-electron chi connectivity index (χ2n) is 10.3. The van der Waals surface area contributed by atoms with Crippen molar-refractivity contribution in [2.24, 2.45) is 11.7 Å². The Morgan fingerprint density at radius 2 is 1.83 bits per heavy atom. The van der Waals surface area contributed by atoms with Crippen molar-refractivity contribution in [1.82, 2.24) is 0 Å².